The third kappa shape index (κ3) is 4.57. The highest BCUT2D eigenvalue weighted by atomic mass is 16.1. The average molecular weight is 349 g/mol. The maximum atomic E-state index is 12.4. The lowest BCUT2D eigenvalue weighted by molar-refractivity contribution is -0.118. The van der Waals surface area contributed by atoms with Crippen molar-refractivity contribution in [1.82, 2.24) is 14.8 Å². The summed E-state index contributed by atoms with van der Waals surface area (Å²) in [6.07, 6.45) is 9.16. The Hall–Kier alpha value is -2.49. The van der Waals surface area contributed by atoms with Crippen LogP contribution in [0.25, 0.3) is 11.4 Å². The zero-order valence-corrected chi connectivity index (χ0v) is 15.7. The maximum Gasteiger partial charge on any atom is 0.163 e. The first-order valence-electron chi connectivity index (χ1n) is 9.52. The molecule has 1 aromatic carbocycles. The molecule has 4 nitrogen and oxygen atoms in total. The third-order valence-electron chi connectivity index (χ3n) is 4.76. The molecule has 0 amide bonds. The average Bonchev–Trinajstić information content (AvgIpc) is 3.24. The molecule has 0 N–H and O–H groups in total. The van der Waals surface area contributed by atoms with Gasteiger partial charge in [-0.1, -0.05) is 67.0 Å². The van der Waals surface area contributed by atoms with Crippen LogP contribution in [-0.4, -0.2) is 20.5 Å². The highest BCUT2D eigenvalue weighted by molar-refractivity contribution is 5.81. The van der Waals surface area contributed by atoms with Crippen LogP contribution in [0.5, 0.6) is 0 Å². The van der Waals surface area contributed by atoms with Crippen LogP contribution in [0.1, 0.15) is 51.8 Å². The number of allylic oxidation sites excluding steroid dienone is 4. The smallest absolute Gasteiger partial charge is 0.163 e. The van der Waals surface area contributed by atoms with E-state index in [1.807, 2.05) is 18.2 Å². The van der Waals surface area contributed by atoms with E-state index in [1.165, 1.54) is 11.1 Å². The van der Waals surface area contributed by atoms with Crippen molar-refractivity contribution in [3.05, 3.63) is 59.5 Å². The van der Waals surface area contributed by atoms with Gasteiger partial charge in [-0.05, 0) is 19.8 Å². The van der Waals surface area contributed by atoms with Gasteiger partial charge >= 0.3 is 0 Å². The Morgan fingerprint density at radius 2 is 2.00 bits per heavy atom. The lowest BCUT2D eigenvalue weighted by Crippen LogP contribution is -2.09. The number of unbranched alkanes of at least 4 members (excludes halogenated alkanes) is 1. The summed E-state index contributed by atoms with van der Waals surface area (Å²) in [7, 11) is 0. The number of hydrogen-bond donors (Lipinski definition) is 0. The van der Waals surface area contributed by atoms with Crippen molar-refractivity contribution in [3.63, 3.8) is 0 Å². The molecule has 1 heterocycles. The van der Waals surface area contributed by atoms with E-state index in [9.17, 15) is 4.79 Å². The molecule has 26 heavy (non-hydrogen) atoms. The van der Waals surface area contributed by atoms with Gasteiger partial charge in [0, 0.05) is 31.4 Å². The van der Waals surface area contributed by atoms with Gasteiger partial charge < -0.3 is 4.57 Å². The van der Waals surface area contributed by atoms with Gasteiger partial charge in [0.2, 0.25) is 0 Å². The van der Waals surface area contributed by atoms with E-state index in [0.717, 1.165) is 43.0 Å². The van der Waals surface area contributed by atoms with Gasteiger partial charge in [0.05, 0.1) is 0 Å². The minimum Gasteiger partial charge on any atom is -0.311 e. The largest absolute Gasteiger partial charge is 0.311 e. The summed E-state index contributed by atoms with van der Waals surface area (Å²) in [5.41, 5.74) is 3.57. The number of Topliss-reactive ketones (excluding diaryl/α,β-unsaturated/α-hetero) is 1. The third-order valence-corrected chi connectivity index (χ3v) is 4.76. The van der Waals surface area contributed by atoms with Crippen molar-refractivity contribution in [3.8, 4) is 11.4 Å². The number of aromatic nitrogens is 3. The van der Waals surface area contributed by atoms with Crippen LogP contribution in [0.15, 0.2) is 53.6 Å². The molecule has 0 saturated carbocycles. The fourth-order valence-corrected chi connectivity index (χ4v) is 3.32. The van der Waals surface area contributed by atoms with E-state index in [0.29, 0.717) is 19.3 Å². The second kappa shape index (κ2) is 8.75. The minimum absolute atomic E-state index is 0.283. The molecular weight excluding hydrogens is 322 g/mol. The van der Waals surface area contributed by atoms with Crippen molar-refractivity contribution in [2.45, 2.75) is 58.9 Å². The van der Waals surface area contributed by atoms with Crippen molar-refractivity contribution in [1.29, 1.82) is 0 Å². The number of nitrogens with zero attached hydrogens (tertiary/aromatic N) is 3. The standard InChI is InChI=1S/C22H27N3O/c1-3-4-14-25-21(23-24-22(25)19-8-6-5-7-9-19)13-12-20(26)16-18-11-10-17(2)15-18/h5-10,15H,3-4,11-14,16H2,1-2H3. The molecule has 0 atom stereocenters. The van der Waals surface area contributed by atoms with E-state index in [1.54, 1.807) is 0 Å². The summed E-state index contributed by atoms with van der Waals surface area (Å²) >= 11 is 0. The molecule has 0 unspecified atom stereocenters. The molecule has 1 aliphatic rings. The Kier molecular flexibility index (Phi) is 6.16. The second-order valence-corrected chi connectivity index (χ2v) is 6.98. The first-order valence-corrected chi connectivity index (χ1v) is 9.52. The van der Waals surface area contributed by atoms with Gasteiger partial charge in [-0.15, -0.1) is 10.2 Å². The van der Waals surface area contributed by atoms with Crippen molar-refractivity contribution in [2.75, 3.05) is 0 Å². The van der Waals surface area contributed by atoms with Gasteiger partial charge in [-0.3, -0.25) is 4.79 Å². The van der Waals surface area contributed by atoms with E-state index < -0.39 is 0 Å². The Morgan fingerprint density at radius 3 is 2.69 bits per heavy atom. The van der Waals surface area contributed by atoms with Gasteiger partial charge in [0.25, 0.3) is 0 Å². The van der Waals surface area contributed by atoms with Gasteiger partial charge in [0.15, 0.2) is 5.82 Å². The summed E-state index contributed by atoms with van der Waals surface area (Å²) in [4.78, 5) is 12.4. The van der Waals surface area contributed by atoms with Gasteiger partial charge in [-0.25, -0.2) is 0 Å². The van der Waals surface area contributed by atoms with E-state index >= 15 is 0 Å². The fourth-order valence-electron chi connectivity index (χ4n) is 3.32. The first kappa shape index (κ1) is 18.3. The highest BCUT2D eigenvalue weighted by Crippen LogP contribution is 2.22. The molecular formula is C22H27N3O. The Labute approximate surface area is 155 Å². The van der Waals surface area contributed by atoms with Crippen molar-refractivity contribution >= 4 is 5.78 Å². The van der Waals surface area contributed by atoms with Crippen molar-refractivity contribution in [2.24, 2.45) is 0 Å². The van der Waals surface area contributed by atoms with E-state index in [-0.39, 0.29) is 5.78 Å². The van der Waals surface area contributed by atoms with Crippen LogP contribution in [0, 0.1) is 0 Å². The molecule has 1 aromatic heterocycles. The summed E-state index contributed by atoms with van der Waals surface area (Å²) in [5.74, 6) is 2.10. The molecule has 2 aromatic rings. The van der Waals surface area contributed by atoms with E-state index in [4.69, 9.17) is 0 Å². The van der Waals surface area contributed by atoms with Crippen LogP contribution in [0.2, 0.25) is 0 Å². The van der Waals surface area contributed by atoms with Gasteiger partial charge in [-0.2, -0.15) is 0 Å². The predicted molar refractivity (Wildman–Crippen MR) is 105 cm³/mol. The molecule has 0 aliphatic heterocycles. The Bertz CT molecular complexity index is 815. The van der Waals surface area contributed by atoms with Crippen LogP contribution < -0.4 is 0 Å². The molecule has 3 rings (SSSR count). The van der Waals surface area contributed by atoms with Crippen LogP contribution in [-0.2, 0) is 17.8 Å². The van der Waals surface area contributed by atoms with Crippen molar-refractivity contribution < 1.29 is 4.79 Å². The molecule has 0 bridgehead atoms. The number of rotatable bonds is 9. The fraction of sp³-hybridized carbons (Fsp3) is 0.409. The van der Waals surface area contributed by atoms with Crippen LogP contribution in [0.3, 0.4) is 0 Å². The minimum atomic E-state index is 0.283. The summed E-state index contributed by atoms with van der Waals surface area (Å²) < 4.78 is 2.19. The SMILES string of the molecule is CCCCn1c(CCC(=O)CC2=CC(C)=CC2)nnc1-c1ccccc1. The van der Waals surface area contributed by atoms with Crippen LogP contribution >= 0.6 is 0 Å². The number of benzene rings is 1. The first-order chi connectivity index (χ1) is 12.7. The number of ketones is 1. The zero-order valence-electron chi connectivity index (χ0n) is 15.7. The summed E-state index contributed by atoms with van der Waals surface area (Å²) in [5, 5.41) is 8.81. The monoisotopic (exact) mass is 349 g/mol. The number of carbonyl (C=O) groups is 1. The normalized spacial score (nSPS) is 13.6. The van der Waals surface area contributed by atoms with Gasteiger partial charge in [0.1, 0.15) is 11.6 Å². The molecule has 0 spiro atoms. The summed E-state index contributed by atoms with van der Waals surface area (Å²) in [6.45, 7) is 5.16. The van der Waals surface area contributed by atoms with E-state index in [2.05, 4.69) is 52.9 Å². The zero-order chi connectivity index (χ0) is 18.4. The number of aryl methyl sites for hydroxylation is 1. The molecule has 136 valence electrons. The maximum absolute atomic E-state index is 12.4. The second-order valence-electron chi connectivity index (χ2n) is 6.98. The Morgan fingerprint density at radius 1 is 1.19 bits per heavy atom. The lowest BCUT2D eigenvalue weighted by atomic mass is 10.0. The number of hydrogen-bond acceptors (Lipinski definition) is 3. The molecule has 0 saturated heterocycles. The predicted octanol–water partition coefficient (Wildman–Crippen LogP) is 4.91. The molecule has 1 aliphatic carbocycles. The molecule has 4 heteroatoms. The molecule has 0 radical (unpaired) electrons. The Balaban J connectivity index is 1.68. The topological polar surface area (TPSA) is 47.8 Å². The summed E-state index contributed by atoms with van der Waals surface area (Å²) in [6, 6.07) is 10.2. The number of carbonyl (C=O) groups excluding carboxylic acids is 1. The molecule has 0 fully saturated rings. The quantitative estimate of drug-likeness (QED) is 0.646. The lowest BCUT2D eigenvalue weighted by Gasteiger charge is -2.10. The van der Waals surface area contributed by atoms with Crippen LogP contribution in [0.4, 0.5) is 0 Å². The highest BCUT2D eigenvalue weighted by Gasteiger charge is 2.15.